The van der Waals surface area contributed by atoms with Crippen LogP contribution in [0.2, 0.25) is 0 Å². The molecule has 1 N–H and O–H groups in total. The molecule has 1 spiro atoms. The standard InChI is InChI=1S/C20H22N4O2/c25-18-15-6-8-20(7-2-10-24(12-20)19(26)13-4-5-13)16(15)22-17(23-18)14-3-1-9-21-11-14/h1,3,9,11,13H,2,4-8,10,12H2,(H,22,23,25). The first-order valence-electron chi connectivity index (χ1n) is 9.49. The number of H-pyrrole nitrogens is 1. The minimum Gasteiger partial charge on any atom is -0.342 e. The number of pyridine rings is 1. The Kier molecular flexibility index (Phi) is 3.48. The van der Waals surface area contributed by atoms with E-state index in [0.29, 0.717) is 18.3 Å². The topological polar surface area (TPSA) is 79.0 Å². The average Bonchev–Trinajstić information content (AvgIpc) is 3.47. The molecule has 2 aromatic heterocycles. The monoisotopic (exact) mass is 350 g/mol. The summed E-state index contributed by atoms with van der Waals surface area (Å²) in [4.78, 5) is 39.2. The molecule has 2 fully saturated rings. The van der Waals surface area contributed by atoms with E-state index in [2.05, 4.69) is 9.97 Å². The number of rotatable bonds is 2. The van der Waals surface area contributed by atoms with Crippen molar-refractivity contribution in [2.24, 2.45) is 5.92 Å². The number of aromatic amines is 1. The second-order valence-electron chi connectivity index (χ2n) is 7.90. The summed E-state index contributed by atoms with van der Waals surface area (Å²) in [7, 11) is 0. The highest BCUT2D eigenvalue weighted by atomic mass is 16.2. The third-order valence-corrected chi connectivity index (χ3v) is 6.12. The van der Waals surface area contributed by atoms with Gasteiger partial charge in [0.1, 0.15) is 5.82 Å². The van der Waals surface area contributed by atoms with Crippen LogP contribution < -0.4 is 5.56 Å². The van der Waals surface area contributed by atoms with Crippen molar-refractivity contribution in [1.29, 1.82) is 0 Å². The Morgan fingerprint density at radius 3 is 2.96 bits per heavy atom. The summed E-state index contributed by atoms with van der Waals surface area (Å²) in [5.41, 5.74) is 2.32. The zero-order valence-electron chi connectivity index (χ0n) is 14.7. The lowest BCUT2D eigenvalue weighted by Crippen LogP contribution is -2.48. The lowest BCUT2D eigenvalue weighted by Gasteiger charge is -2.40. The number of amides is 1. The van der Waals surface area contributed by atoms with E-state index >= 15 is 0 Å². The number of likely N-dealkylation sites (tertiary alicyclic amines) is 1. The molecule has 5 rings (SSSR count). The van der Waals surface area contributed by atoms with Gasteiger partial charge in [0.15, 0.2) is 0 Å². The van der Waals surface area contributed by atoms with Crippen LogP contribution >= 0.6 is 0 Å². The molecule has 3 aliphatic rings. The maximum atomic E-state index is 12.7. The van der Waals surface area contributed by atoms with Crippen molar-refractivity contribution >= 4 is 5.91 Å². The van der Waals surface area contributed by atoms with E-state index in [9.17, 15) is 9.59 Å². The van der Waals surface area contributed by atoms with Crippen LogP contribution in [0.3, 0.4) is 0 Å². The van der Waals surface area contributed by atoms with Crippen LogP contribution in [0.1, 0.15) is 43.4 Å². The van der Waals surface area contributed by atoms with Crippen molar-refractivity contribution in [2.45, 2.75) is 43.9 Å². The lowest BCUT2D eigenvalue weighted by atomic mass is 9.77. The molecule has 1 saturated heterocycles. The minimum absolute atomic E-state index is 0.0450. The Morgan fingerprint density at radius 1 is 1.31 bits per heavy atom. The molecule has 1 saturated carbocycles. The van der Waals surface area contributed by atoms with Crippen LogP contribution in [0.15, 0.2) is 29.3 Å². The number of carbonyl (C=O) groups excluding carboxylic acids is 1. The van der Waals surface area contributed by atoms with Gasteiger partial charge in [-0.25, -0.2) is 4.98 Å². The fourth-order valence-electron chi connectivity index (χ4n) is 4.60. The summed E-state index contributed by atoms with van der Waals surface area (Å²) in [6, 6.07) is 3.75. The Hall–Kier alpha value is -2.50. The molecule has 2 aliphatic carbocycles. The van der Waals surface area contributed by atoms with Crippen molar-refractivity contribution in [1.82, 2.24) is 19.9 Å². The molecule has 2 aromatic rings. The van der Waals surface area contributed by atoms with Crippen LogP contribution in [0.4, 0.5) is 0 Å². The number of hydrogen-bond donors (Lipinski definition) is 1. The zero-order valence-corrected chi connectivity index (χ0v) is 14.7. The number of carbonyl (C=O) groups is 1. The van der Waals surface area contributed by atoms with Crippen LogP contribution in [-0.4, -0.2) is 38.8 Å². The van der Waals surface area contributed by atoms with Crippen molar-refractivity contribution in [3.63, 3.8) is 0 Å². The summed E-state index contributed by atoms with van der Waals surface area (Å²) in [6.45, 7) is 1.54. The van der Waals surface area contributed by atoms with Crippen molar-refractivity contribution in [2.75, 3.05) is 13.1 Å². The van der Waals surface area contributed by atoms with Gasteiger partial charge >= 0.3 is 0 Å². The van der Waals surface area contributed by atoms with Crippen LogP contribution in [0, 0.1) is 5.92 Å². The van der Waals surface area contributed by atoms with Gasteiger partial charge in [0.2, 0.25) is 5.91 Å². The van der Waals surface area contributed by atoms with Crippen molar-refractivity contribution in [3.8, 4) is 11.4 Å². The molecule has 0 bridgehead atoms. The molecule has 0 aromatic carbocycles. The van der Waals surface area contributed by atoms with Gasteiger partial charge < -0.3 is 9.88 Å². The molecule has 1 aliphatic heterocycles. The Bertz CT molecular complexity index is 919. The zero-order chi connectivity index (χ0) is 17.7. The lowest BCUT2D eigenvalue weighted by molar-refractivity contribution is -0.134. The molecular weight excluding hydrogens is 328 g/mol. The van der Waals surface area contributed by atoms with Crippen LogP contribution in [0.25, 0.3) is 11.4 Å². The summed E-state index contributed by atoms with van der Waals surface area (Å²) in [6.07, 6.45) is 9.12. The molecule has 6 heteroatoms. The number of fused-ring (bicyclic) bond motifs is 2. The van der Waals surface area contributed by atoms with E-state index < -0.39 is 0 Å². The van der Waals surface area contributed by atoms with Gasteiger partial charge in [-0.3, -0.25) is 14.6 Å². The van der Waals surface area contributed by atoms with Gasteiger partial charge in [0.25, 0.3) is 5.56 Å². The van der Waals surface area contributed by atoms with E-state index in [1.165, 1.54) is 0 Å². The maximum absolute atomic E-state index is 12.7. The maximum Gasteiger partial charge on any atom is 0.254 e. The van der Waals surface area contributed by atoms with E-state index in [1.807, 2.05) is 17.0 Å². The first-order chi connectivity index (χ1) is 12.7. The Morgan fingerprint density at radius 2 is 2.19 bits per heavy atom. The summed E-state index contributed by atoms with van der Waals surface area (Å²) >= 11 is 0. The van der Waals surface area contributed by atoms with E-state index in [1.54, 1.807) is 12.4 Å². The largest absolute Gasteiger partial charge is 0.342 e. The smallest absolute Gasteiger partial charge is 0.254 e. The first-order valence-corrected chi connectivity index (χ1v) is 9.49. The van der Waals surface area contributed by atoms with Crippen LogP contribution in [-0.2, 0) is 16.6 Å². The summed E-state index contributed by atoms with van der Waals surface area (Å²) in [5, 5.41) is 0. The van der Waals surface area contributed by atoms with Gasteiger partial charge in [-0.2, -0.15) is 0 Å². The molecule has 26 heavy (non-hydrogen) atoms. The molecule has 1 amide bonds. The quantitative estimate of drug-likeness (QED) is 0.899. The van der Waals surface area contributed by atoms with Gasteiger partial charge in [-0.1, -0.05) is 0 Å². The fourth-order valence-corrected chi connectivity index (χ4v) is 4.60. The van der Waals surface area contributed by atoms with Crippen LogP contribution in [0.5, 0.6) is 0 Å². The van der Waals surface area contributed by atoms with E-state index in [4.69, 9.17) is 4.98 Å². The number of aromatic nitrogens is 3. The highest BCUT2D eigenvalue weighted by molar-refractivity contribution is 5.81. The highest BCUT2D eigenvalue weighted by Crippen LogP contribution is 2.44. The number of nitrogens with zero attached hydrogens (tertiary/aromatic N) is 3. The first kappa shape index (κ1) is 15.7. The van der Waals surface area contributed by atoms with Gasteiger partial charge in [-0.05, 0) is 50.7 Å². The SMILES string of the molecule is O=C(C1CC1)N1CCCC2(CCc3c2nc(-c2cccnc2)[nH]c3=O)C1. The number of hydrogen-bond acceptors (Lipinski definition) is 4. The van der Waals surface area contributed by atoms with Gasteiger partial charge in [-0.15, -0.1) is 0 Å². The summed E-state index contributed by atoms with van der Waals surface area (Å²) in [5.74, 6) is 1.12. The predicted octanol–water partition coefficient (Wildman–Crippen LogP) is 2.05. The van der Waals surface area contributed by atoms with Gasteiger partial charge in [0, 0.05) is 47.9 Å². The molecule has 6 nitrogen and oxygen atoms in total. The predicted molar refractivity (Wildman–Crippen MR) is 96.6 cm³/mol. The third-order valence-electron chi connectivity index (χ3n) is 6.12. The Labute approximate surface area is 151 Å². The number of nitrogens with one attached hydrogen (secondary N) is 1. The molecule has 1 atom stereocenters. The molecule has 134 valence electrons. The second kappa shape index (κ2) is 5.76. The van der Waals surface area contributed by atoms with Gasteiger partial charge in [0.05, 0.1) is 5.69 Å². The Balaban J connectivity index is 1.55. The van der Waals surface area contributed by atoms with Crippen molar-refractivity contribution < 1.29 is 4.79 Å². The number of piperidine rings is 1. The van der Waals surface area contributed by atoms with E-state index in [-0.39, 0.29) is 16.9 Å². The summed E-state index contributed by atoms with van der Waals surface area (Å²) < 4.78 is 0. The highest BCUT2D eigenvalue weighted by Gasteiger charge is 2.47. The molecule has 1 unspecified atom stereocenters. The van der Waals surface area contributed by atoms with E-state index in [0.717, 1.165) is 61.9 Å². The second-order valence-corrected chi connectivity index (χ2v) is 7.90. The average molecular weight is 350 g/mol. The fraction of sp³-hybridized carbons (Fsp3) is 0.500. The normalized spacial score (nSPS) is 24.7. The molecule has 0 radical (unpaired) electrons. The minimum atomic E-state index is -0.163. The van der Waals surface area contributed by atoms with Crippen molar-refractivity contribution in [3.05, 3.63) is 46.1 Å². The third kappa shape index (κ3) is 2.47. The molecular formula is C20H22N4O2. The molecule has 3 heterocycles.